The SMILES string of the molecule is CC(CS(=O)(=O)c1ccc(F)cc1)C(=O)NCC1CNCC1O.Cl. The Morgan fingerprint density at radius 1 is 1.38 bits per heavy atom. The minimum absolute atomic E-state index is 0. The van der Waals surface area contributed by atoms with Gasteiger partial charge in [-0.15, -0.1) is 12.4 Å². The Morgan fingerprint density at radius 2 is 2.00 bits per heavy atom. The summed E-state index contributed by atoms with van der Waals surface area (Å²) in [5.74, 6) is -2.06. The molecule has 3 N–H and O–H groups in total. The van der Waals surface area contributed by atoms with Crippen molar-refractivity contribution in [2.75, 3.05) is 25.4 Å². The van der Waals surface area contributed by atoms with Crippen LogP contribution in [0.3, 0.4) is 0 Å². The number of carbonyl (C=O) groups is 1. The Labute approximate surface area is 147 Å². The van der Waals surface area contributed by atoms with Crippen molar-refractivity contribution in [1.82, 2.24) is 10.6 Å². The Morgan fingerprint density at radius 3 is 2.54 bits per heavy atom. The van der Waals surface area contributed by atoms with Gasteiger partial charge in [-0.3, -0.25) is 4.79 Å². The Kier molecular flexibility index (Phi) is 7.59. The normalized spacial score (nSPS) is 21.8. The molecule has 0 spiro atoms. The van der Waals surface area contributed by atoms with Gasteiger partial charge in [-0.2, -0.15) is 0 Å². The van der Waals surface area contributed by atoms with Gasteiger partial charge in [0.2, 0.25) is 5.91 Å². The first-order chi connectivity index (χ1) is 10.8. The van der Waals surface area contributed by atoms with E-state index in [0.717, 1.165) is 12.1 Å². The van der Waals surface area contributed by atoms with Crippen LogP contribution in [0.1, 0.15) is 6.92 Å². The second-order valence-corrected chi connectivity index (χ2v) is 7.90. The molecule has 136 valence electrons. The van der Waals surface area contributed by atoms with Crippen LogP contribution in [0.5, 0.6) is 0 Å². The minimum Gasteiger partial charge on any atom is -0.391 e. The van der Waals surface area contributed by atoms with Crippen LogP contribution in [0.25, 0.3) is 0 Å². The molecule has 1 aliphatic rings. The number of aliphatic hydroxyl groups excluding tert-OH is 1. The van der Waals surface area contributed by atoms with Crippen LogP contribution < -0.4 is 10.6 Å². The highest BCUT2D eigenvalue weighted by molar-refractivity contribution is 7.91. The molecule has 9 heteroatoms. The lowest BCUT2D eigenvalue weighted by molar-refractivity contribution is -0.124. The lowest BCUT2D eigenvalue weighted by Crippen LogP contribution is -2.38. The molecule has 2 rings (SSSR count). The van der Waals surface area contributed by atoms with Crippen LogP contribution >= 0.6 is 12.4 Å². The van der Waals surface area contributed by atoms with Crippen LogP contribution in [0.4, 0.5) is 4.39 Å². The van der Waals surface area contributed by atoms with Crippen molar-refractivity contribution in [3.8, 4) is 0 Å². The molecule has 3 unspecified atom stereocenters. The number of carbonyl (C=O) groups excluding carboxylic acids is 1. The van der Waals surface area contributed by atoms with Gasteiger partial charge in [-0.1, -0.05) is 6.92 Å². The minimum atomic E-state index is -3.66. The van der Waals surface area contributed by atoms with Crippen LogP contribution in [0.15, 0.2) is 29.2 Å². The van der Waals surface area contributed by atoms with E-state index in [2.05, 4.69) is 10.6 Å². The maximum Gasteiger partial charge on any atom is 0.223 e. The van der Waals surface area contributed by atoms with Gasteiger partial charge >= 0.3 is 0 Å². The van der Waals surface area contributed by atoms with Crippen molar-refractivity contribution < 1.29 is 22.7 Å². The highest BCUT2D eigenvalue weighted by Crippen LogP contribution is 2.15. The number of rotatable bonds is 6. The van der Waals surface area contributed by atoms with Crippen molar-refractivity contribution in [2.45, 2.75) is 17.9 Å². The molecular weight excluding hydrogens is 359 g/mol. The van der Waals surface area contributed by atoms with Crippen LogP contribution in [0.2, 0.25) is 0 Å². The molecule has 1 fully saturated rings. The molecule has 1 aromatic carbocycles. The van der Waals surface area contributed by atoms with Crippen molar-refractivity contribution in [3.05, 3.63) is 30.1 Å². The molecule has 1 amide bonds. The summed E-state index contributed by atoms with van der Waals surface area (Å²) in [4.78, 5) is 12.0. The third-order valence-corrected chi connectivity index (χ3v) is 5.86. The standard InChI is InChI=1S/C15H21FN2O4S.ClH/c1-10(15(20)18-7-11-6-17-8-14(11)19)9-23(21,22)13-4-2-12(16)3-5-13;/h2-5,10-11,14,17,19H,6-9H2,1H3,(H,18,20);1H. The quantitative estimate of drug-likeness (QED) is 0.619. The number of sulfone groups is 1. The number of β-amino-alcohol motifs (C(OH)–C–C–N with tert-alkyl or cyclic N) is 1. The number of benzene rings is 1. The number of hydrogen-bond donors (Lipinski definition) is 3. The number of nitrogens with one attached hydrogen (secondary N) is 2. The second-order valence-electron chi connectivity index (χ2n) is 5.87. The van der Waals surface area contributed by atoms with Gasteiger partial charge in [0, 0.05) is 31.5 Å². The maximum absolute atomic E-state index is 12.9. The van der Waals surface area contributed by atoms with E-state index in [1.807, 2.05) is 0 Å². The topological polar surface area (TPSA) is 95.5 Å². The van der Waals surface area contributed by atoms with E-state index in [0.29, 0.717) is 19.6 Å². The summed E-state index contributed by atoms with van der Waals surface area (Å²) in [5, 5.41) is 15.3. The van der Waals surface area contributed by atoms with Crippen molar-refractivity contribution in [1.29, 1.82) is 0 Å². The summed E-state index contributed by atoms with van der Waals surface area (Å²) in [6.07, 6.45) is -0.506. The van der Waals surface area contributed by atoms with Crippen molar-refractivity contribution in [3.63, 3.8) is 0 Å². The van der Waals surface area contributed by atoms with Gasteiger partial charge in [0.25, 0.3) is 0 Å². The average Bonchev–Trinajstić information content (AvgIpc) is 2.90. The Balaban J connectivity index is 0.00000288. The first-order valence-electron chi connectivity index (χ1n) is 7.44. The molecule has 0 aliphatic carbocycles. The predicted octanol–water partition coefficient (Wildman–Crippen LogP) is 0.354. The fourth-order valence-corrected chi connectivity index (χ4v) is 4.03. The van der Waals surface area contributed by atoms with Gasteiger partial charge < -0.3 is 15.7 Å². The predicted molar refractivity (Wildman–Crippen MR) is 90.2 cm³/mol. The van der Waals surface area contributed by atoms with Gasteiger partial charge in [0.05, 0.1) is 16.8 Å². The van der Waals surface area contributed by atoms with E-state index >= 15 is 0 Å². The fraction of sp³-hybridized carbons (Fsp3) is 0.533. The summed E-state index contributed by atoms with van der Waals surface area (Å²) in [5.41, 5.74) is 0. The van der Waals surface area contributed by atoms with Crippen LogP contribution in [-0.2, 0) is 14.6 Å². The lowest BCUT2D eigenvalue weighted by atomic mass is 10.1. The zero-order valence-corrected chi connectivity index (χ0v) is 14.9. The maximum atomic E-state index is 12.9. The first-order valence-corrected chi connectivity index (χ1v) is 9.09. The largest absolute Gasteiger partial charge is 0.391 e. The van der Waals surface area contributed by atoms with E-state index in [1.54, 1.807) is 0 Å². The monoisotopic (exact) mass is 380 g/mol. The molecule has 1 aliphatic heterocycles. The molecule has 0 bridgehead atoms. The van der Waals surface area contributed by atoms with E-state index in [4.69, 9.17) is 0 Å². The van der Waals surface area contributed by atoms with Crippen molar-refractivity contribution >= 4 is 28.2 Å². The van der Waals surface area contributed by atoms with Crippen molar-refractivity contribution in [2.24, 2.45) is 11.8 Å². The van der Waals surface area contributed by atoms with E-state index < -0.39 is 27.7 Å². The van der Waals surface area contributed by atoms with Gasteiger partial charge in [-0.05, 0) is 24.3 Å². The molecule has 1 heterocycles. The fourth-order valence-electron chi connectivity index (χ4n) is 2.48. The molecule has 0 saturated carbocycles. The molecule has 0 aromatic heterocycles. The highest BCUT2D eigenvalue weighted by Gasteiger charge is 2.27. The lowest BCUT2D eigenvalue weighted by Gasteiger charge is -2.17. The second kappa shape index (κ2) is 8.75. The summed E-state index contributed by atoms with van der Waals surface area (Å²) in [6, 6.07) is 4.53. The molecule has 24 heavy (non-hydrogen) atoms. The summed E-state index contributed by atoms with van der Waals surface area (Å²) < 4.78 is 37.3. The van der Waals surface area contributed by atoms with Gasteiger partial charge in [-0.25, -0.2) is 12.8 Å². The molecule has 0 radical (unpaired) electrons. The summed E-state index contributed by atoms with van der Waals surface area (Å²) >= 11 is 0. The van der Waals surface area contributed by atoms with Gasteiger partial charge in [0.15, 0.2) is 9.84 Å². The molecular formula is C15H22ClFN2O4S. The average molecular weight is 381 g/mol. The third kappa shape index (κ3) is 5.41. The summed E-state index contributed by atoms with van der Waals surface area (Å²) in [6.45, 7) is 2.94. The van der Waals surface area contributed by atoms with Crippen LogP contribution in [-0.4, -0.2) is 50.9 Å². The zero-order valence-electron chi connectivity index (χ0n) is 13.2. The number of aliphatic hydroxyl groups is 1. The van der Waals surface area contributed by atoms with E-state index in [1.165, 1.54) is 19.1 Å². The first kappa shape index (κ1) is 20.8. The zero-order chi connectivity index (χ0) is 17.0. The third-order valence-electron chi connectivity index (χ3n) is 3.93. The molecule has 1 aromatic rings. The van der Waals surface area contributed by atoms with E-state index in [9.17, 15) is 22.7 Å². The number of halogens is 2. The van der Waals surface area contributed by atoms with Crippen LogP contribution in [0, 0.1) is 17.7 Å². The van der Waals surface area contributed by atoms with E-state index in [-0.39, 0.29) is 34.9 Å². The summed E-state index contributed by atoms with van der Waals surface area (Å²) in [7, 11) is -3.66. The number of hydrogen-bond acceptors (Lipinski definition) is 5. The Hall–Kier alpha value is -1.22. The molecule has 1 saturated heterocycles. The molecule has 6 nitrogen and oxygen atoms in total. The number of amides is 1. The van der Waals surface area contributed by atoms with Gasteiger partial charge in [0.1, 0.15) is 5.82 Å². The smallest absolute Gasteiger partial charge is 0.223 e. The highest BCUT2D eigenvalue weighted by atomic mass is 35.5. The Bertz CT molecular complexity index is 654. The molecule has 3 atom stereocenters.